The Morgan fingerprint density at radius 3 is 3.05 bits per heavy atom. The Kier molecular flexibility index (Phi) is 2.49. The maximum atomic E-state index is 4.48. The number of nitrogens with one attached hydrogen (secondary N) is 1. The second-order valence-corrected chi connectivity index (χ2v) is 5.43. The highest BCUT2D eigenvalue weighted by atomic mass is 15.3. The Hall–Kier alpha value is -2.36. The van der Waals surface area contributed by atoms with Crippen molar-refractivity contribution in [3.8, 4) is 0 Å². The summed E-state index contributed by atoms with van der Waals surface area (Å²) < 4.78 is 1.83. The number of fused-ring (bicyclic) bond motifs is 2. The largest absolute Gasteiger partial charge is 0.352 e. The smallest absolute Gasteiger partial charge is 0.243 e. The number of aryl methyl sites for hydroxylation is 1. The molecule has 0 amide bonds. The third-order valence-electron chi connectivity index (χ3n) is 3.95. The lowest BCUT2D eigenvalue weighted by atomic mass is 9.78. The molecule has 2 aromatic heterocycles. The summed E-state index contributed by atoms with van der Waals surface area (Å²) in [4.78, 5) is 4.48. The van der Waals surface area contributed by atoms with Gasteiger partial charge >= 0.3 is 0 Å². The van der Waals surface area contributed by atoms with Crippen LogP contribution in [0.2, 0.25) is 0 Å². The van der Waals surface area contributed by atoms with Gasteiger partial charge in [-0.15, -0.1) is 5.10 Å². The summed E-state index contributed by atoms with van der Waals surface area (Å²) in [7, 11) is 0. The van der Waals surface area contributed by atoms with E-state index in [2.05, 4.69) is 52.7 Å². The van der Waals surface area contributed by atoms with Crippen LogP contribution in [0.5, 0.6) is 0 Å². The normalized spacial score (nSPS) is 16.8. The molecule has 0 aliphatic heterocycles. The van der Waals surface area contributed by atoms with Gasteiger partial charge in [-0.05, 0) is 36.1 Å². The predicted molar refractivity (Wildman–Crippen MR) is 79.1 cm³/mol. The maximum absolute atomic E-state index is 4.48. The van der Waals surface area contributed by atoms with E-state index >= 15 is 0 Å². The number of nitrogens with zero attached hydrogens (tertiary/aromatic N) is 3. The van der Waals surface area contributed by atoms with Gasteiger partial charge in [-0.3, -0.25) is 0 Å². The first-order chi connectivity index (χ1) is 9.79. The van der Waals surface area contributed by atoms with Crippen molar-refractivity contribution in [2.45, 2.75) is 19.3 Å². The monoisotopic (exact) mass is 264 g/mol. The van der Waals surface area contributed by atoms with E-state index in [1.54, 1.807) is 0 Å². The Labute approximate surface area is 117 Å². The van der Waals surface area contributed by atoms with E-state index in [1.165, 1.54) is 16.7 Å². The number of benzene rings is 1. The van der Waals surface area contributed by atoms with Crippen LogP contribution in [0.3, 0.4) is 0 Å². The Morgan fingerprint density at radius 2 is 2.15 bits per heavy atom. The van der Waals surface area contributed by atoms with E-state index in [-0.39, 0.29) is 0 Å². The van der Waals surface area contributed by atoms with Gasteiger partial charge < -0.3 is 5.32 Å². The molecule has 20 heavy (non-hydrogen) atoms. The van der Waals surface area contributed by atoms with Gasteiger partial charge in [0.25, 0.3) is 0 Å². The molecule has 0 saturated heterocycles. The van der Waals surface area contributed by atoms with Crippen LogP contribution in [0.1, 0.15) is 22.6 Å². The van der Waals surface area contributed by atoms with Crippen molar-refractivity contribution < 1.29 is 0 Å². The van der Waals surface area contributed by atoms with E-state index < -0.39 is 0 Å². The molecular formula is C16H16N4. The molecular weight excluding hydrogens is 248 g/mol. The topological polar surface area (TPSA) is 42.2 Å². The van der Waals surface area contributed by atoms with Gasteiger partial charge in [-0.25, -0.2) is 4.52 Å². The van der Waals surface area contributed by atoms with Crippen molar-refractivity contribution in [3.63, 3.8) is 0 Å². The minimum absolute atomic E-state index is 0.583. The van der Waals surface area contributed by atoms with E-state index in [0.717, 1.165) is 18.6 Å². The van der Waals surface area contributed by atoms with Crippen LogP contribution in [0, 0.1) is 6.92 Å². The number of hydrogen-bond acceptors (Lipinski definition) is 3. The van der Waals surface area contributed by atoms with Gasteiger partial charge in [0, 0.05) is 18.7 Å². The molecule has 3 aromatic rings. The van der Waals surface area contributed by atoms with Crippen molar-refractivity contribution in [1.29, 1.82) is 0 Å². The fourth-order valence-corrected chi connectivity index (χ4v) is 2.82. The fourth-order valence-electron chi connectivity index (χ4n) is 2.82. The lowest BCUT2D eigenvalue weighted by Crippen LogP contribution is -2.24. The van der Waals surface area contributed by atoms with Crippen LogP contribution >= 0.6 is 0 Å². The average molecular weight is 264 g/mol. The molecule has 4 heteroatoms. The summed E-state index contributed by atoms with van der Waals surface area (Å²) in [6, 6.07) is 12.7. The molecule has 1 aliphatic carbocycles. The first kappa shape index (κ1) is 11.5. The molecule has 0 radical (unpaired) electrons. The van der Waals surface area contributed by atoms with Gasteiger partial charge in [0.1, 0.15) is 0 Å². The molecule has 1 atom stereocenters. The fraction of sp³-hybridized carbons (Fsp3) is 0.250. The van der Waals surface area contributed by atoms with E-state index in [1.807, 2.05) is 16.8 Å². The highest BCUT2D eigenvalue weighted by molar-refractivity contribution is 5.45. The van der Waals surface area contributed by atoms with Crippen molar-refractivity contribution in [1.82, 2.24) is 14.6 Å². The first-order valence-corrected chi connectivity index (χ1v) is 6.94. The summed E-state index contributed by atoms with van der Waals surface area (Å²) in [5.41, 5.74) is 4.99. The quantitative estimate of drug-likeness (QED) is 0.791. The average Bonchev–Trinajstić information content (AvgIpc) is 2.81. The van der Waals surface area contributed by atoms with Gasteiger partial charge in [0.15, 0.2) is 5.65 Å². The lowest BCUT2D eigenvalue weighted by molar-refractivity contribution is 0.633. The second kappa shape index (κ2) is 4.34. The molecule has 1 aromatic carbocycles. The molecule has 1 unspecified atom stereocenters. The summed E-state index contributed by atoms with van der Waals surface area (Å²) in [5, 5.41) is 7.81. The highest BCUT2D eigenvalue weighted by Crippen LogP contribution is 2.34. The zero-order valence-corrected chi connectivity index (χ0v) is 11.4. The van der Waals surface area contributed by atoms with Crippen LogP contribution in [-0.4, -0.2) is 21.1 Å². The van der Waals surface area contributed by atoms with E-state index in [9.17, 15) is 0 Å². The molecule has 2 heterocycles. The molecule has 100 valence electrons. The van der Waals surface area contributed by atoms with Gasteiger partial charge in [0.2, 0.25) is 5.95 Å². The zero-order valence-electron chi connectivity index (χ0n) is 11.4. The highest BCUT2D eigenvalue weighted by Gasteiger charge is 2.25. The number of pyridine rings is 1. The Morgan fingerprint density at radius 1 is 1.25 bits per heavy atom. The molecule has 1 N–H and O–H groups in total. The van der Waals surface area contributed by atoms with E-state index in [4.69, 9.17) is 0 Å². The van der Waals surface area contributed by atoms with Crippen molar-refractivity contribution in [2.75, 3.05) is 11.9 Å². The lowest BCUT2D eigenvalue weighted by Gasteiger charge is -2.29. The molecule has 0 fully saturated rings. The molecule has 0 bridgehead atoms. The van der Waals surface area contributed by atoms with Gasteiger partial charge in [0.05, 0.1) is 0 Å². The molecule has 0 saturated carbocycles. The minimum Gasteiger partial charge on any atom is -0.352 e. The number of aromatic nitrogens is 3. The summed E-state index contributed by atoms with van der Waals surface area (Å²) in [5.74, 6) is 1.29. The Bertz CT molecular complexity index is 775. The van der Waals surface area contributed by atoms with Crippen LogP contribution in [0.4, 0.5) is 5.95 Å². The van der Waals surface area contributed by atoms with Crippen LogP contribution in [0.25, 0.3) is 5.65 Å². The van der Waals surface area contributed by atoms with Crippen LogP contribution in [-0.2, 0) is 6.42 Å². The zero-order chi connectivity index (χ0) is 13.5. The third kappa shape index (κ3) is 1.84. The van der Waals surface area contributed by atoms with E-state index in [0.29, 0.717) is 11.9 Å². The molecule has 4 rings (SSSR count). The van der Waals surface area contributed by atoms with Crippen LogP contribution < -0.4 is 5.32 Å². The van der Waals surface area contributed by atoms with Gasteiger partial charge in [-0.2, -0.15) is 4.98 Å². The number of anilines is 1. The maximum Gasteiger partial charge on any atom is 0.243 e. The standard InChI is InChI=1S/C16H16N4/c1-11-6-7-15-18-16(19-20(15)10-11)17-9-13-8-12-4-2-3-5-14(12)13/h2-7,10,13H,8-9H2,1H3,(H,17,19). The summed E-state index contributed by atoms with van der Waals surface area (Å²) >= 11 is 0. The second-order valence-electron chi connectivity index (χ2n) is 5.43. The molecule has 4 nitrogen and oxygen atoms in total. The minimum atomic E-state index is 0.583. The SMILES string of the molecule is Cc1ccc2nc(NCC3Cc4ccccc43)nn2c1. The Balaban J connectivity index is 1.49. The van der Waals surface area contributed by atoms with Crippen LogP contribution in [0.15, 0.2) is 42.6 Å². The van der Waals surface area contributed by atoms with Crippen molar-refractivity contribution in [2.24, 2.45) is 0 Å². The molecule has 1 aliphatic rings. The summed E-state index contributed by atoms with van der Waals surface area (Å²) in [6.07, 6.45) is 3.14. The summed E-state index contributed by atoms with van der Waals surface area (Å²) in [6.45, 7) is 2.95. The van der Waals surface area contributed by atoms with Crippen molar-refractivity contribution >= 4 is 11.6 Å². The number of rotatable bonds is 3. The van der Waals surface area contributed by atoms with Gasteiger partial charge in [-0.1, -0.05) is 30.3 Å². The first-order valence-electron chi connectivity index (χ1n) is 6.94. The third-order valence-corrected chi connectivity index (χ3v) is 3.95. The predicted octanol–water partition coefficient (Wildman–Crippen LogP) is 2.79. The number of hydrogen-bond donors (Lipinski definition) is 1. The molecule has 0 spiro atoms. The van der Waals surface area contributed by atoms with Crippen molar-refractivity contribution in [3.05, 3.63) is 59.3 Å².